The van der Waals surface area contributed by atoms with Crippen LogP contribution in [0.25, 0.3) is 0 Å². The van der Waals surface area contributed by atoms with Crippen LogP contribution in [0.15, 0.2) is 0 Å². The second-order valence-electron chi connectivity index (χ2n) is 4.25. The Bertz CT molecular complexity index is 191. The highest BCUT2D eigenvalue weighted by molar-refractivity contribution is 5.77. The summed E-state index contributed by atoms with van der Waals surface area (Å²) >= 11 is 0. The van der Waals surface area contributed by atoms with Crippen molar-refractivity contribution in [2.45, 2.75) is 12.8 Å². The van der Waals surface area contributed by atoms with E-state index in [0.29, 0.717) is 11.8 Å². The lowest BCUT2D eigenvalue weighted by Gasteiger charge is -2.33. The molecule has 3 atom stereocenters. The fraction of sp³-hybridized carbons (Fsp3) is 0.889. The third-order valence-corrected chi connectivity index (χ3v) is 3.34. The monoisotopic (exact) mass is 168 g/mol. The highest BCUT2D eigenvalue weighted by Gasteiger charge is 2.43. The molecule has 1 aliphatic carbocycles. The molecule has 2 fully saturated rings. The summed E-state index contributed by atoms with van der Waals surface area (Å²) in [6.07, 6.45) is 2.39. The molecule has 1 amide bonds. The van der Waals surface area contributed by atoms with Gasteiger partial charge in [-0.25, -0.2) is 0 Å². The van der Waals surface area contributed by atoms with Crippen molar-refractivity contribution >= 4 is 5.91 Å². The topological polar surface area (TPSA) is 46.3 Å². The van der Waals surface area contributed by atoms with E-state index in [4.69, 9.17) is 5.73 Å². The maximum Gasteiger partial charge on any atom is 0.221 e. The smallest absolute Gasteiger partial charge is 0.221 e. The molecule has 2 rings (SSSR count). The first-order chi connectivity index (χ1) is 5.68. The lowest BCUT2D eigenvalue weighted by molar-refractivity contribution is -0.125. The summed E-state index contributed by atoms with van der Waals surface area (Å²) in [6.45, 7) is 2.12. The van der Waals surface area contributed by atoms with E-state index in [9.17, 15) is 4.79 Å². The van der Waals surface area contributed by atoms with Crippen molar-refractivity contribution in [3.63, 3.8) is 0 Å². The van der Waals surface area contributed by atoms with Crippen molar-refractivity contribution in [2.75, 3.05) is 20.1 Å². The number of piperidine rings is 1. The van der Waals surface area contributed by atoms with Crippen LogP contribution in [-0.4, -0.2) is 30.9 Å². The van der Waals surface area contributed by atoms with E-state index in [1.807, 2.05) is 0 Å². The van der Waals surface area contributed by atoms with Gasteiger partial charge < -0.3 is 10.6 Å². The van der Waals surface area contributed by atoms with Gasteiger partial charge in [0.25, 0.3) is 0 Å². The van der Waals surface area contributed by atoms with Crippen molar-refractivity contribution in [3.05, 3.63) is 0 Å². The summed E-state index contributed by atoms with van der Waals surface area (Å²) in [4.78, 5) is 13.4. The average molecular weight is 168 g/mol. The lowest BCUT2D eigenvalue weighted by Crippen LogP contribution is -2.44. The summed E-state index contributed by atoms with van der Waals surface area (Å²) in [5.74, 6) is 1.20. The maximum absolute atomic E-state index is 11.1. The van der Waals surface area contributed by atoms with Gasteiger partial charge in [-0.3, -0.25) is 4.79 Å². The number of hydrogen-bond donors (Lipinski definition) is 1. The number of hydrogen-bond acceptors (Lipinski definition) is 2. The largest absolute Gasteiger partial charge is 0.369 e. The van der Waals surface area contributed by atoms with Gasteiger partial charge in [0.15, 0.2) is 0 Å². The van der Waals surface area contributed by atoms with Crippen LogP contribution in [0.1, 0.15) is 12.8 Å². The Labute approximate surface area is 72.9 Å². The molecule has 2 bridgehead atoms. The SMILES string of the molecule is CN1C[C@H]2CC[C@@H](C1)C2C(N)=O. The van der Waals surface area contributed by atoms with E-state index in [1.165, 1.54) is 12.8 Å². The van der Waals surface area contributed by atoms with E-state index in [2.05, 4.69) is 11.9 Å². The van der Waals surface area contributed by atoms with Crippen LogP contribution < -0.4 is 5.73 Å². The molecule has 1 unspecified atom stereocenters. The quantitative estimate of drug-likeness (QED) is 0.602. The van der Waals surface area contributed by atoms with Gasteiger partial charge in [-0.2, -0.15) is 0 Å². The van der Waals surface area contributed by atoms with Gasteiger partial charge in [0, 0.05) is 19.0 Å². The van der Waals surface area contributed by atoms with E-state index in [1.54, 1.807) is 0 Å². The highest BCUT2D eigenvalue weighted by atomic mass is 16.1. The molecule has 12 heavy (non-hydrogen) atoms. The molecule has 1 saturated heterocycles. The summed E-state index contributed by atoms with van der Waals surface area (Å²) in [5.41, 5.74) is 5.38. The lowest BCUT2D eigenvalue weighted by atomic mass is 9.85. The Balaban J connectivity index is 2.14. The fourth-order valence-electron chi connectivity index (χ4n) is 2.92. The third kappa shape index (κ3) is 1.12. The highest BCUT2D eigenvalue weighted by Crippen LogP contribution is 2.41. The zero-order valence-electron chi connectivity index (χ0n) is 7.49. The number of carbonyl (C=O) groups is 1. The third-order valence-electron chi connectivity index (χ3n) is 3.34. The molecule has 0 aromatic rings. The number of carbonyl (C=O) groups excluding carboxylic acids is 1. The van der Waals surface area contributed by atoms with Gasteiger partial charge in [-0.15, -0.1) is 0 Å². The van der Waals surface area contributed by atoms with E-state index in [0.717, 1.165) is 13.1 Å². The van der Waals surface area contributed by atoms with Gasteiger partial charge in [-0.1, -0.05) is 0 Å². The van der Waals surface area contributed by atoms with Crippen LogP contribution in [0.5, 0.6) is 0 Å². The minimum absolute atomic E-state index is 0.0735. The van der Waals surface area contributed by atoms with Crippen LogP contribution in [-0.2, 0) is 4.79 Å². The minimum Gasteiger partial charge on any atom is -0.369 e. The molecule has 1 saturated carbocycles. The average Bonchev–Trinajstić information content (AvgIpc) is 2.24. The second kappa shape index (κ2) is 2.73. The fourth-order valence-corrected chi connectivity index (χ4v) is 2.92. The van der Waals surface area contributed by atoms with Crippen molar-refractivity contribution in [2.24, 2.45) is 23.5 Å². The summed E-state index contributed by atoms with van der Waals surface area (Å²) in [6, 6.07) is 0. The predicted molar refractivity (Wildman–Crippen MR) is 46.4 cm³/mol. The Morgan fingerprint density at radius 1 is 1.33 bits per heavy atom. The van der Waals surface area contributed by atoms with E-state index < -0.39 is 0 Å². The molecule has 1 aliphatic heterocycles. The first kappa shape index (κ1) is 8.05. The van der Waals surface area contributed by atoms with Gasteiger partial charge in [0.05, 0.1) is 0 Å². The molecule has 68 valence electrons. The molecule has 0 spiro atoms. The van der Waals surface area contributed by atoms with Gasteiger partial charge in [0.2, 0.25) is 5.91 Å². The van der Waals surface area contributed by atoms with Crippen LogP contribution in [0, 0.1) is 17.8 Å². The first-order valence-electron chi connectivity index (χ1n) is 4.66. The Morgan fingerprint density at radius 3 is 2.25 bits per heavy atom. The Hall–Kier alpha value is -0.570. The number of primary amides is 1. The van der Waals surface area contributed by atoms with Crippen molar-refractivity contribution in [3.8, 4) is 0 Å². The first-order valence-corrected chi connectivity index (χ1v) is 4.66. The normalized spacial score (nSPS) is 41.6. The van der Waals surface area contributed by atoms with Gasteiger partial charge in [0.1, 0.15) is 0 Å². The van der Waals surface area contributed by atoms with Crippen molar-refractivity contribution in [1.82, 2.24) is 4.90 Å². The zero-order chi connectivity index (χ0) is 8.72. The summed E-state index contributed by atoms with van der Waals surface area (Å²) in [7, 11) is 2.13. The number of nitrogens with zero attached hydrogens (tertiary/aromatic N) is 1. The maximum atomic E-state index is 11.1. The molecule has 2 aliphatic rings. The summed E-state index contributed by atoms with van der Waals surface area (Å²) in [5, 5.41) is 0. The zero-order valence-corrected chi connectivity index (χ0v) is 7.49. The number of rotatable bonds is 1. The minimum atomic E-state index is -0.0735. The molecular weight excluding hydrogens is 152 g/mol. The van der Waals surface area contributed by atoms with Crippen LogP contribution in [0.2, 0.25) is 0 Å². The van der Waals surface area contributed by atoms with Crippen LogP contribution >= 0.6 is 0 Å². The molecule has 3 heteroatoms. The Morgan fingerprint density at radius 2 is 1.83 bits per heavy atom. The van der Waals surface area contributed by atoms with E-state index >= 15 is 0 Å². The van der Waals surface area contributed by atoms with Gasteiger partial charge in [-0.05, 0) is 31.7 Å². The second-order valence-corrected chi connectivity index (χ2v) is 4.25. The van der Waals surface area contributed by atoms with Crippen LogP contribution in [0.4, 0.5) is 0 Å². The molecule has 0 radical (unpaired) electrons. The van der Waals surface area contributed by atoms with Crippen molar-refractivity contribution < 1.29 is 4.79 Å². The van der Waals surface area contributed by atoms with Gasteiger partial charge >= 0.3 is 0 Å². The van der Waals surface area contributed by atoms with Crippen molar-refractivity contribution in [1.29, 1.82) is 0 Å². The molecular formula is C9H16N2O. The molecule has 1 heterocycles. The molecule has 0 aromatic heterocycles. The number of fused-ring (bicyclic) bond motifs is 2. The predicted octanol–water partition coefficient (Wildman–Crippen LogP) is 0.0595. The Kier molecular flexibility index (Phi) is 1.83. The summed E-state index contributed by atoms with van der Waals surface area (Å²) < 4.78 is 0. The standard InChI is InChI=1S/C9H16N2O/c1-11-4-6-2-3-7(5-11)8(6)9(10)12/h6-8H,2-5H2,1H3,(H2,10,12)/t6-,7+,8?. The molecule has 2 N–H and O–H groups in total. The van der Waals surface area contributed by atoms with E-state index in [-0.39, 0.29) is 11.8 Å². The number of nitrogens with two attached hydrogens (primary N) is 1. The number of amides is 1. The number of likely N-dealkylation sites (tertiary alicyclic amines) is 1. The van der Waals surface area contributed by atoms with Crippen LogP contribution in [0.3, 0.4) is 0 Å². The molecule has 3 nitrogen and oxygen atoms in total. The molecule has 0 aromatic carbocycles.